The SMILES string of the molecule is CCC1CCCCN1C(=O)C(C)Nc1cccc(C(N)=O)c1. The smallest absolute Gasteiger partial charge is 0.248 e. The number of carbonyl (C=O) groups is 2. The lowest BCUT2D eigenvalue weighted by molar-refractivity contribution is -0.135. The number of nitrogens with zero attached hydrogens (tertiary/aromatic N) is 1. The quantitative estimate of drug-likeness (QED) is 0.877. The Morgan fingerprint density at radius 1 is 1.41 bits per heavy atom. The Morgan fingerprint density at radius 2 is 2.18 bits per heavy atom. The topological polar surface area (TPSA) is 75.4 Å². The van der Waals surface area contributed by atoms with E-state index in [9.17, 15) is 9.59 Å². The van der Waals surface area contributed by atoms with Crippen LogP contribution in [0.5, 0.6) is 0 Å². The van der Waals surface area contributed by atoms with E-state index in [1.807, 2.05) is 17.9 Å². The number of piperidine rings is 1. The molecule has 5 heteroatoms. The van der Waals surface area contributed by atoms with Gasteiger partial charge < -0.3 is 16.0 Å². The van der Waals surface area contributed by atoms with Crippen molar-refractivity contribution in [1.82, 2.24) is 4.90 Å². The number of nitrogens with two attached hydrogens (primary N) is 1. The zero-order chi connectivity index (χ0) is 16.1. The van der Waals surface area contributed by atoms with Gasteiger partial charge in [0.1, 0.15) is 6.04 Å². The number of rotatable bonds is 5. The van der Waals surface area contributed by atoms with Crippen LogP contribution in [0.3, 0.4) is 0 Å². The second-order valence-corrected chi connectivity index (χ2v) is 5.90. The molecule has 0 saturated carbocycles. The Bertz CT molecular complexity index is 544. The molecular formula is C17H25N3O2. The molecule has 2 unspecified atom stereocenters. The molecule has 5 nitrogen and oxygen atoms in total. The maximum Gasteiger partial charge on any atom is 0.248 e. The number of hydrogen-bond donors (Lipinski definition) is 2. The van der Waals surface area contributed by atoms with Gasteiger partial charge in [0, 0.05) is 23.8 Å². The van der Waals surface area contributed by atoms with Crippen molar-refractivity contribution in [3.05, 3.63) is 29.8 Å². The number of benzene rings is 1. The van der Waals surface area contributed by atoms with Crippen LogP contribution in [0.15, 0.2) is 24.3 Å². The van der Waals surface area contributed by atoms with E-state index >= 15 is 0 Å². The summed E-state index contributed by atoms with van der Waals surface area (Å²) in [5, 5.41) is 3.18. The van der Waals surface area contributed by atoms with Gasteiger partial charge in [0.05, 0.1) is 0 Å². The molecule has 1 aromatic carbocycles. The van der Waals surface area contributed by atoms with Gasteiger partial charge in [0.25, 0.3) is 0 Å². The predicted octanol–water partition coefficient (Wildman–Crippen LogP) is 2.38. The van der Waals surface area contributed by atoms with Crippen molar-refractivity contribution < 1.29 is 9.59 Å². The number of carbonyl (C=O) groups excluding carboxylic acids is 2. The average molecular weight is 303 g/mol. The molecule has 1 heterocycles. The van der Waals surface area contributed by atoms with Crippen molar-refractivity contribution in [1.29, 1.82) is 0 Å². The van der Waals surface area contributed by atoms with Gasteiger partial charge in [-0.3, -0.25) is 9.59 Å². The standard InChI is InChI=1S/C17H25N3O2/c1-3-15-9-4-5-10-20(15)17(22)12(2)19-14-8-6-7-13(11-14)16(18)21/h6-8,11-12,15,19H,3-5,9-10H2,1-2H3,(H2,18,21). The summed E-state index contributed by atoms with van der Waals surface area (Å²) in [6, 6.07) is 6.97. The Kier molecular flexibility index (Phi) is 5.41. The van der Waals surface area contributed by atoms with Crippen molar-refractivity contribution in [2.24, 2.45) is 5.73 Å². The summed E-state index contributed by atoms with van der Waals surface area (Å²) >= 11 is 0. The number of hydrogen-bond acceptors (Lipinski definition) is 3. The van der Waals surface area contributed by atoms with Gasteiger partial charge in [0.15, 0.2) is 0 Å². The molecule has 1 aliphatic heterocycles. The molecule has 1 fully saturated rings. The number of likely N-dealkylation sites (tertiary alicyclic amines) is 1. The number of anilines is 1. The average Bonchev–Trinajstić information content (AvgIpc) is 2.54. The zero-order valence-electron chi connectivity index (χ0n) is 13.3. The molecule has 22 heavy (non-hydrogen) atoms. The highest BCUT2D eigenvalue weighted by Gasteiger charge is 2.28. The summed E-state index contributed by atoms with van der Waals surface area (Å²) in [6.45, 7) is 4.83. The van der Waals surface area contributed by atoms with Crippen LogP contribution in [0, 0.1) is 0 Å². The molecule has 0 radical (unpaired) electrons. The molecule has 0 aliphatic carbocycles. The third-order valence-corrected chi connectivity index (χ3v) is 4.28. The summed E-state index contributed by atoms with van der Waals surface area (Å²) in [4.78, 5) is 25.9. The van der Waals surface area contributed by atoms with Gasteiger partial charge in [-0.25, -0.2) is 0 Å². The van der Waals surface area contributed by atoms with Gasteiger partial charge in [-0.15, -0.1) is 0 Å². The molecular weight excluding hydrogens is 278 g/mol. The zero-order valence-corrected chi connectivity index (χ0v) is 13.3. The van der Waals surface area contributed by atoms with Crippen LogP contribution >= 0.6 is 0 Å². The first-order chi connectivity index (χ1) is 10.5. The highest BCUT2D eigenvalue weighted by molar-refractivity contribution is 5.94. The molecule has 2 amide bonds. The maximum atomic E-state index is 12.7. The summed E-state index contributed by atoms with van der Waals surface area (Å²) < 4.78 is 0. The van der Waals surface area contributed by atoms with Gasteiger partial charge in [0.2, 0.25) is 11.8 Å². The molecule has 120 valence electrons. The van der Waals surface area contributed by atoms with E-state index in [2.05, 4.69) is 12.2 Å². The highest BCUT2D eigenvalue weighted by Crippen LogP contribution is 2.21. The summed E-state index contributed by atoms with van der Waals surface area (Å²) in [7, 11) is 0. The molecule has 1 aliphatic rings. The van der Waals surface area contributed by atoms with Crippen LogP contribution in [-0.2, 0) is 4.79 Å². The number of amides is 2. The Morgan fingerprint density at radius 3 is 2.86 bits per heavy atom. The third-order valence-electron chi connectivity index (χ3n) is 4.28. The normalized spacial score (nSPS) is 19.5. The van der Waals surface area contributed by atoms with Crippen molar-refractivity contribution in [3.63, 3.8) is 0 Å². The minimum Gasteiger partial charge on any atom is -0.374 e. The van der Waals surface area contributed by atoms with Crippen LogP contribution in [0.25, 0.3) is 0 Å². The fourth-order valence-electron chi connectivity index (χ4n) is 3.04. The second-order valence-electron chi connectivity index (χ2n) is 5.90. The molecule has 2 atom stereocenters. The van der Waals surface area contributed by atoms with Crippen molar-refractivity contribution in [2.75, 3.05) is 11.9 Å². The van der Waals surface area contributed by atoms with E-state index in [4.69, 9.17) is 5.73 Å². The van der Waals surface area contributed by atoms with E-state index in [0.29, 0.717) is 11.6 Å². The van der Waals surface area contributed by atoms with Crippen LogP contribution in [-0.4, -0.2) is 35.3 Å². The molecule has 2 rings (SSSR count). The minimum absolute atomic E-state index is 0.121. The largest absolute Gasteiger partial charge is 0.374 e. The molecule has 1 saturated heterocycles. The highest BCUT2D eigenvalue weighted by atomic mass is 16.2. The lowest BCUT2D eigenvalue weighted by Crippen LogP contribution is -2.49. The first-order valence-corrected chi connectivity index (χ1v) is 7.99. The lowest BCUT2D eigenvalue weighted by atomic mass is 9.99. The number of nitrogens with one attached hydrogen (secondary N) is 1. The molecule has 3 N–H and O–H groups in total. The Hall–Kier alpha value is -2.04. The van der Waals surface area contributed by atoms with E-state index in [1.54, 1.807) is 18.2 Å². The first-order valence-electron chi connectivity index (χ1n) is 7.99. The fraction of sp³-hybridized carbons (Fsp3) is 0.529. The van der Waals surface area contributed by atoms with Gasteiger partial charge in [-0.2, -0.15) is 0 Å². The molecule has 0 spiro atoms. The molecule has 1 aromatic rings. The lowest BCUT2D eigenvalue weighted by Gasteiger charge is -2.37. The van der Waals surface area contributed by atoms with Gasteiger partial charge in [-0.05, 0) is 50.8 Å². The Balaban J connectivity index is 2.04. The van der Waals surface area contributed by atoms with Crippen molar-refractivity contribution >= 4 is 17.5 Å². The van der Waals surface area contributed by atoms with Crippen LogP contribution in [0.4, 0.5) is 5.69 Å². The van der Waals surface area contributed by atoms with E-state index in [-0.39, 0.29) is 11.9 Å². The number of primary amides is 1. The van der Waals surface area contributed by atoms with Crippen LogP contribution in [0.2, 0.25) is 0 Å². The summed E-state index contributed by atoms with van der Waals surface area (Å²) in [6.07, 6.45) is 4.36. The van der Waals surface area contributed by atoms with E-state index in [0.717, 1.165) is 31.5 Å². The predicted molar refractivity (Wildman–Crippen MR) is 87.7 cm³/mol. The summed E-state index contributed by atoms with van der Waals surface area (Å²) in [5.41, 5.74) is 6.46. The monoisotopic (exact) mass is 303 g/mol. The van der Waals surface area contributed by atoms with Crippen molar-refractivity contribution in [3.8, 4) is 0 Å². The minimum atomic E-state index is -0.468. The fourth-order valence-corrected chi connectivity index (χ4v) is 3.04. The maximum absolute atomic E-state index is 12.7. The molecule has 0 bridgehead atoms. The molecule has 0 aromatic heterocycles. The first kappa shape index (κ1) is 16.3. The van der Waals surface area contributed by atoms with E-state index in [1.165, 1.54) is 6.42 Å². The van der Waals surface area contributed by atoms with Crippen LogP contribution in [0.1, 0.15) is 49.9 Å². The van der Waals surface area contributed by atoms with Crippen molar-refractivity contribution in [2.45, 2.75) is 51.6 Å². The van der Waals surface area contributed by atoms with Crippen LogP contribution < -0.4 is 11.1 Å². The second kappa shape index (κ2) is 7.29. The van der Waals surface area contributed by atoms with E-state index < -0.39 is 5.91 Å². The van der Waals surface area contributed by atoms with Gasteiger partial charge >= 0.3 is 0 Å². The third kappa shape index (κ3) is 3.78. The summed E-state index contributed by atoms with van der Waals surface area (Å²) in [5.74, 6) is -0.347. The van der Waals surface area contributed by atoms with Gasteiger partial charge in [-0.1, -0.05) is 13.0 Å². The Labute approximate surface area is 131 Å².